The number of amides is 1. The maximum Gasteiger partial charge on any atom is 0.416 e. The molecule has 1 amide bonds. The van der Waals surface area contributed by atoms with E-state index >= 15 is 0 Å². The van der Waals surface area contributed by atoms with Crippen molar-refractivity contribution in [2.24, 2.45) is 0 Å². The molecular formula is C18H14ClF3N4O5. The summed E-state index contributed by atoms with van der Waals surface area (Å²) in [4.78, 5) is 36.3. The fourth-order valence-electron chi connectivity index (χ4n) is 3.23. The summed E-state index contributed by atoms with van der Waals surface area (Å²) < 4.78 is 38.6. The lowest BCUT2D eigenvalue weighted by Crippen LogP contribution is -2.49. The molecule has 1 saturated heterocycles. The number of piperazine rings is 1. The molecule has 0 radical (unpaired) electrons. The van der Waals surface area contributed by atoms with Crippen molar-refractivity contribution in [3.8, 4) is 0 Å². The van der Waals surface area contributed by atoms with Crippen molar-refractivity contribution in [2.75, 3.05) is 31.1 Å². The van der Waals surface area contributed by atoms with Gasteiger partial charge in [0.25, 0.3) is 17.3 Å². The molecule has 9 nitrogen and oxygen atoms in total. The van der Waals surface area contributed by atoms with E-state index in [1.165, 1.54) is 21.9 Å². The lowest BCUT2D eigenvalue weighted by molar-refractivity contribution is -0.384. The van der Waals surface area contributed by atoms with Crippen molar-refractivity contribution in [2.45, 2.75) is 6.18 Å². The van der Waals surface area contributed by atoms with E-state index in [0.29, 0.717) is 6.07 Å². The van der Waals surface area contributed by atoms with Crippen molar-refractivity contribution in [1.82, 2.24) is 4.90 Å². The molecule has 1 aliphatic heterocycles. The summed E-state index contributed by atoms with van der Waals surface area (Å²) in [5.41, 5.74) is -2.13. The molecule has 2 aromatic rings. The molecule has 13 heteroatoms. The number of nitrogens with zero attached hydrogens (tertiary/aromatic N) is 4. The molecule has 1 aliphatic rings. The van der Waals surface area contributed by atoms with E-state index in [1.54, 1.807) is 0 Å². The third kappa shape index (κ3) is 4.68. The second kappa shape index (κ2) is 8.38. The Morgan fingerprint density at radius 3 is 2.10 bits per heavy atom. The largest absolute Gasteiger partial charge is 0.416 e. The Bertz CT molecular complexity index is 1050. The third-order valence-corrected chi connectivity index (χ3v) is 5.12. The summed E-state index contributed by atoms with van der Waals surface area (Å²) in [5, 5.41) is 22.2. The van der Waals surface area contributed by atoms with Gasteiger partial charge in [0.15, 0.2) is 0 Å². The number of alkyl halides is 3. The minimum absolute atomic E-state index is 0.0206. The number of benzene rings is 2. The molecule has 0 aromatic heterocycles. The van der Waals surface area contributed by atoms with Gasteiger partial charge in [-0.05, 0) is 24.3 Å². The number of anilines is 1. The standard InChI is InChI=1S/C18H14ClF3N4O5/c19-13-3-1-11(9-15(13)25(28)29)17(27)24-7-5-23(6-8-24)14-4-2-12(18(20,21)22)10-16(14)26(30)31/h1-4,9-10H,5-8H2. The molecule has 1 heterocycles. The van der Waals surface area contributed by atoms with Gasteiger partial charge in [-0.3, -0.25) is 25.0 Å². The predicted octanol–water partition coefficient (Wildman–Crippen LogP) is 4.14. The summed E-state index contributed by atoms with van der Waals surface area (Å²) in [6.07, 6.45) is -4.71. The van der Waals surface area contributed by atoms with Crippen molar-refractivity contribution < 1.29 is 27.8 Å². The summed E-state index contributed by atoms with van der Waals surface area (Å²) in [5.74, 6) is -0.485. The van der Waals surface area contributed by atoms with E-state index in [9.17, 15) is 38.2 Å². The molecule has 0 aliphatic carbocycles. The molecule has 31 heavy (non-hydrogen) atoms. The van der Waals surface area contributed by atoms with Crippen LogP contribution in [-0.2, 0) is 6.18 Å². The summed E-state index contributed by atoms with van der Waals surface area (Å²) in [6, 6.07) is 5.96. The number of hydrogen-bond donors (Lipinski definition) is 0. The summed E-state index contributed by atoms with van der Waals surface area (Å²) in [6.45, 7) is 0.502. The number of nitro groups is 2. The highest BCUT2D eigenvalue weighted by atomic mass is 35.5. The third-order valence-electron chi connectivity index (χ3n) is 4.80. The normalized spacial score (nSPS) is 14.5. The highest BCUT2D eigenvalue weighted by Gasteiger charge is 2.34. The number of hydrogen-bond acceptors (Lipinski definition) is 6. The van der Waals surface area contributed by atoms with Crippen LogP contribution in [0.5, 0.6) is 0 Å². The Balaban J connectivity index is 1.77. The van der Waals surface area contributed by atoms with Gasteiger partial charge >= 0.3 is 6.18 Å². The van der Waals surface area contributed by atoms with Crippen LogP contribution in [0.15, 0.2) is 36.4 Å². The van der Waals surface area contributed by atoms with Gasteiger partial charge in [0.05, 0.1) is 15.4 Å². The number of nitro benzene ring substituents is 2. The Hall–Kier alpha value is -3.41. The van der Waals surface area contributed by atoms with Crippen molar-refractivity contribution >= 4 is 34.6 Å². The monoisotopic (exact) mass is 458 g/mol. The summed E-state index contributed by atoms with van der Waals surface area (Å²) >= 11 is 5.75. The zero-order chi connectivity index (χ0) is 22.9. The van der Waals surface area contributed by atoms with Crippen LogP contribution in [0.4, 0.5) is 30.2 Å². The minimum Gasteiger partial charge on any atom is -0.362 e. The van der Waals surface area contributed by atoms with Crippen molar-refractivity contribution in [1.29, 1.82) is 0 Å². The Morgan fingerprint density at radius 2 is 1.55 bits per heavy atom. The number of rotatable bonds is 4. The van der Waals surface area contributed by atoms with Crippen LogP contribution in [0.1, 0.15) is 15.9 Å². The maximum absolute atomic E-state index is 12.9. The van der Waals surface area contributed by atoms with Gasteiger partial charge in [0, 0.05) is 43.9 Å². The van der Waals surface area contributed by atoms with E-state index in [1.807, 2.05) is 0 Å². The fourth-order valence-corrected chi connectivity index (χ4v) is 3.42. The average Bonchev–Trinajstić information content (AvgIpc) is 2.72. The molecule has 0 unspecified atom stereocenters. The van der Waals surface area contributed by atoms with Crippen molar-refractivity contribution in [3.63, 3.8) is 0 Å². The van der Waals surface area contributed by atoms with Gasteiger partial charge in [-0.1, -0.05) is 11.6 Å². The minimum atomic E-state index is -4.71. The molecule has 1 fully saturated rings. The van der Waals surface area contributed by atoms with E-state index in [-0.39, 0.29) is 42.5 Å². The molecule has 0 saturated carbocycles. The van der Waals surface area contributed by atoms with Crippen LogP contribution in [0.2, 0.25) is 5.02 Å². The maximum atomic E-state index is 12.9. The zero-order valence-electron chi connectivity index (χ0n) is 15.6. The Kier molecular flexibility index (Phi) is 6.02. The molecule has 164 valence electrons. The predicted molar refractivity (Wildman–Crippen MR) is 104 cm³/mol. The first kappa shape index (κ1) is 22.3. The SMILES string of the molecule is O=C(c1ccc(Cl)c([N+](=O)[O-])c1)N1CCN(c2ccc(C(F)(F)F)cc2[N+](=O)[O-])CC1. The molecule has 3 rings (SSSR count). The van der Waals surface area contributed by atoms with E-state index in [0.717, 1.165) is 18.2 Å². The summed E-state index contributed by atoms with van der Waals surface area (Å²) in [7, 11) is 0. The second-order valence-electron chi connectivity index (χ2n) is 6.66. The van der Waals surface area contributed by atoms with Crippen LogP contribution < -0.4 is 4.90 Å². The van der Waals surface area contributed by atoms with Crippen LogP contribution >= 0.6 is 11.6 Å². The van der Waals surface area contributed by atoms with Crippen LogP contribution in [0, 0.1) is 20.2 Å². The van der Waals surface area contributed by atoms with Crippen molar-refractivity contribution in [3.05, 3.63) is 72.8 Å². The molecular weight excluding hydrogens is 445 g/mol. The van der Waals surface area contributed by atoms with Gasteiger partial charge < -0.3 is 9.80 Å². The second-order valence-corrected chi connectivity index (χ2v) is 7.07. The van der Waals surface area contributed by atoms with Gasteiger partial charge in [-0.25, -0.2) is 0 Å². The fraction of sp³-hybridized carbons (Fsp3) is 0.278. The Labute approximate surface area is 177 Å². The van der Waals surface area contributed by atoms with Gasteiger partial charge in [-0.2, -0.15) is 13.2 Å². The topological polar surface area (TPSA) is 110 Å². The van der Waals surface area contributed by atoms with Gasteiger partial charge in [-0.15, -0.1) is 0 Å². The van der Waals surface area contributed by atoms with E-state index in [4.69, 9.17) is 11.6 Å². The molecule has 0 atom stereocenters. The van der Waals surface area contributed by atoms with Crippen LogP contribution in [0.3, 0.4) is 0 Å². The quantitative estimate of drug-likeness (QED) is 0.503. The molecule has 0 spiro atoms. The van der Waals surface area contributed by atoms with Gasteiger partial charge in [0.2, 0.25) is 0 Å². The number of carbonyl (C=O) groups is 1. The van der Waals surface area contributed by atoms with Crippen LogP contribution in [-0.4, -0.2) is 46.8 Å². The lowest BCUT2D eigenvalue weighted by Gasteiger charge is -2.36. The highest BCUT2D eigenvalue weighted by molar-refractivity contribution is 6.32. The number of halogens is 4. The molecule has 2 aromatic carbocycles. The molecule has 0 bridgehead atoms. The molecule has 0 N–H and O–H groups in total. The first-order valence-electron chi connectivity index (χ1n) is 8.83. The van der Waals surface area contributed by atoms with Crippen LogP contribution in [0.25, 0.3) is 0 Å². The number of carbonyl (C=O) groups excluding carboxylic acids is 1. The van der Waals surface area contributed by atoms with E-state index in [2.05, 4.69) is 0 Å². The van der Waals surface area contributed by atoms with E-state index < -0.39 is 38.9 Å². The first-order valence-corrected chi connectivity index (χ1v) is 9.20. The lowest BCUT2D eigenvalue weighted by atomic mass is 10.1. The Morgan fingerprint density at radius 1 is 0.935 bits per heavy atom. The first-order chi connectivity index (χ1) is 14.5. The van der Waals surface area contributed by atoms with Gasteiger partial charge in [0.1, 0.15) is 10.7 Å². The highest BCUT2D eigenvalue weighted by Crippen LogP contribution is 2.37. The smallest absolute Gasteiger partial charge is 0.362 e. The average molecular weight is 459 g/mol. The zero-order valence-corrected chi connectivity index (χ0v) is 16.4.